The van der Waals surface area contributed by atoms with E-state index in [1.54, 1.807) is 0 Å². The fourth-order valence-corrected chi connectivity index (χ4v) is 5.61. The molecule has 240 valence electrons. The molecule has 12 nitrogen and oxygen atoms in total. The second-order valence-electron chi connectivity index (χ2n) is 11.1. The van der Waals surface area contributed by atoms with Crippen molar-refractivity contribution in [2.75, 3.05) is 6.54 Å². The lowest BCUT2D eigenvalue weighted by Crippen LogP contribution is -2.55. The quantitative estimate of drug-likeness (QED) is 0.187. The van der Waals surface area contributed by atoms with Crippen molar-refractivity contribution < 1.29 is 44.1 Å². The van der Waals surface area contributed by atoms with E-state index in [4.69, 9.17) is 0 Å². The summed E-state index contributed by atoms with van der Waals surface area (Å²) in [6.07, 6.45) is 1.61. The molecule has 0 aromatic heterocycles. The summed E-state index contributed by atoms with van der Waals surface area (Å²) in [7, 11) is 0. The number of rotatable bonds is 12. The summed E-state index contributed by atoms with van der Waals surface area (Å²) in [6.45, 7) is 1.75. The number of nitrogens with one attached hydrogen (secondary N) is 2. The van der Waals surface area contributed by atoms with Gasteiger partial charge >= 0.3 is 17.9 Å². The van der Waals surface area contributed by atoms with Crippen LogP contribution < -0.4 is 10.6 Å². The third-order valence-electron chi connectivity index (χ3n) is 7.85. The number of carboxylic acids is 3. The van der Waals surface area contributed by atoms with Crippen LogP contribution in [-0.4, -0.2) is 74.5 Å². The van der Waals surface area contributed by atoms with E-state index in [1.165, 1.54) is 17.9 Å². The Balaban J connectivity index is 1.69. The highest BCUT2D eigenvalue weighted by atomic mass is 16.4. The fraction of sp³-hybridized carbons (Fsp3) is 0.294. The van der Waals surface area contributed by atoms with Crippen LogP contribution in [0.4, 0.5) is 0 Å². The molecule has 3 aromatic rings. The Kier molecular flexibility index (Phi) is 10.9. The summed E-state index contributed by atoms with van der Waals surface area (Å²) in [5.41, 5.74) is 1.98. The minimum Gasteiger partial charge on any atom is -0.480 e. The van der Waals surface area contributed by atoms with E-state index in [0.717, 1.165) is 35.2 Å². The summed E-state index contributed by atoms with van der Waals surface area (Å²) >= 11 is 0. The average molecular weight is 630 g/mol. The zero-order chi connectivity index (χ0) is 33.4. The van der Waals surface area contributed by atoms with E-state index in [2.05, 4.69) is 10.6 Å². The summed E-state index contributed by atoms with van der Waals surface area (Å²) in [5, 5.41) is 34.1. The smallest absolute Gasteiger partial charge is 0.336 e. The number of amides is 3. The maximum atomic E-state index is 14.3. The third kappa shape index (κ3) is 8.14. The van der Waals surface area contributed by atoms with E-state index in [-0.39, 0.29) is 24.4 Å². The number of hydrogen-bond acceptors (Lipinski definition) is 6. The number of aromatic carboxylic acids is 1. The van der Waals surface area contributed by atoms with Gasteiger partial charge in [0.25, 0.3) is 0 Å². The average Bonchev–Trinajstić information content (AvgIpc) is 3.24. The van der Waals surface area contributed by atoms with Crippen molar-refractivity contribution in [3.63, 3.8) is 0 Å². The summed E-state index contributed by atoms with van der Waals surface area (Å²) in [5.74, 6) is -8.57. The van der Waals surface area contributed by atoms with Gasteiger partial charge in [-0.15, -0.1) is 0 Å². The zero-order valence-electron chi connectivity index (χ0n) is 25.1. The van der Waals surface area contributed by atoms with Gasteiger partial charge in [-0.05, 0) is 53.1 Å². The van der Waals surface area contributed by atoms with E-state index >= 15 is 0 Å². The molecule has 1 aliphatic rings. The molecule has 1 heterocycles. The lowest BCUT2D eigenvalue weighted by Gasteiger charge is -2.33. The highest BCUT2D eigenvalue weighted by molar-refractivity contribution is 6.02. The van der Waals surface area contributed by atoms with Gasteiger partial charge in [0.2, 0.25) is 17.7 Å². The SMILES string of the molecule is CC(=O)NC(Cc1ccc(C(C(=O)O)C(=O)O)c(C(=O)O)c1)C(=O)N(Cc1ccc(-c2ccccc2)cc1)C1CCCCNC1=O. The molecule has 1 saturated heterocycles. The van der Waals surface area contributed by atoms with E-state index in [9.17, 15) is 44.1 Å². The number of carboxylic acid groups (broad SMARTS) is 3. The van der Waals surface area contributed by atoms with Gasteiger partial charge in [-0.25, -0.2) is 4.79 Å². The zero-order valence-corrected chi connectivity index (χ0v) is 25.1. The number of carbonyl (C=O) groups excluding carboxylic acids is 3. The first-order valence-corrected chi connectivity index (χ1v) is 14.8. The molecule has 46 heavy (non-hydrogen) atoms. The van der Waals surface area contributed by atoms with Crippen molar-refractivity contribution in [3.8, 4) is 11.1 Å². The van der Waals surface area contributed by atoms with Crippen LogP contribution in [0, 0.1) is 0 Å². The number of carbonyl (C=O) groups is 6. The highest BCUT2D eigenvalue weighted by Crippen LogP contribution is 2.26. The number of nitrogens with zero attached hydrogens (tertiary/aromatic N) is 1. The molecular formula is C34H35N3O9. The molecule has 3 aromatic carbocycles. The van der Waals surface area contributed by atoms with E-state index < -0.39 is 58.9 Å². The molecular weight excluding hydrogens is 594 g/mol. The van der Waals surface area contributed by atoms with Gasteiger partial charge in [0, 0.05) is 26.4 Å². The van der Waals surface area contributed by atoms with Crippen LogP contribution in [0.3, 0.4) is 0 Å². The molecule has 12 heteroatoms. The lowest BCUT2D eigenvalue weighted by atomic mass is 9.91. The molecule has 5 N–H and O–H groups in total. The predicted octanol–water partition coefficient (Wildman–Crippen LogP) is 3.05. The third-order valence-corrected chi connectivity index (χ3v) is 7.85. The first kappa shape index (κ1) is 33.4. The van der Waals surface area contributed by atoms with Gasteiger partial charge in [-0.3, -0.25) is 24.0 Å². The van der Waals surface area contributed by atoms with Crippen molar-refractivity contribution in [1.82, 2.24) is 15.5 Å². The Morgan fingerprint density at radius 3 is 2.11 bits per heavy atom. The molecule has 3 amide bonds. The number of benzene rings is 3. The van der Waals surface area contributed by atoms with Crippen molar-refractivity contribution in [3.05, 3.63) is 95.1 Å². The normalized spacial score (nSPS) is 15.3. The van der Waals surface area contributed by atoms with Crippen molar-refractivity contribution in [2.24, 2.45) is 0 Å². The molecule has 1 aliphatic heterocycles. The number of aliphatic carboxylic acids is 2. The first-order chi connectivity index (χ1) is 22.0. The van der Waals surface area contributed by atoms with E-state index in [1.807, 2.05) is 54.6 Å². The van der Waals surface area contributed by atoms with Crippen LogP contribution in [-0.2, 0) is 36.9 Å². The number of hydrogen-bond donors (Lipinski definition) is 5. The van der Waals surface area contributed by atoms with Crippen LogP contribution in [0.1, 0.15) is 59.2 Å². The Labute approximate surface area is 265 Å². The maximum Gasteiger partial charge on any atom is 0.336 e. The predicted molar refractivity (Wildman–Crippen MR) is 166 cm³/mol. The minimum atomic E-state index is -2.12. The van der Waals surface area contributed by atoms with Crippen LogP contribution in [0.15, 0.2) is 72.8 Å². The second-order valence-corrected chi connectivity index (χ2v) is 11.1. The van der Waals surface area contributed by atoms with Gasteiger partial charge in [-0.1, -0.05) is 66.7 Å². The van der Waals surface area contributed by atoms with Crippen molar-refractivity contribution >= 4 is 35.6 Å². The molecule has 4 rings (SSSR count). The molecule has 1 fully saturated rings. The monoisotopic (exact) mass is 629 g/mol. The fourth-order valence-electron chi connectivity index (χ4n) is 5.61. The Morgan fingerprint density at radius 1 is 0.870 bits per heavy atom. The van der Waals surface area contributed by atoms with Gasteiger partial charge in [0.15, 0.2) is 5.92 Å². The second kappa shape index (κ2) is 15.0. The standard InChI is InChI=1S/C34H35N3O9/c1-20(38)36-27(18-22-12-15-25(26(17-22)32(41)42)29(33(43)44)34(45)46)31(40)37(28-9-5-6-16-35-30(28)39)19-21-10-13-24(14-11-21)23-7-3-2-4-8-23/h2-4,7-8,10-15,17,27-29H,5-6,9,16,18-19H2,1H3,(H,35,39)(H,36,38)(H,41,42)(H,43,44)(H,45,46). The van der Waals surface area contributed by atoms with Gasteiger partial charge < -0.3 is 30.9 Å². The van der Waals surface area contributed by atoms with Gasteiger partial charge in [-0.2, -0.15) is 0 Å². The molecule has 0 bridgehead atoms. The van der Waals surface area contributed by atoms with E-state index in [0.29, 0.717) is 19.4 Å². The van der Waals surface area contributed by atoms with Crippen LogP contribution >= 0.6 is 0 Å². The summed E-state index contributed by atoms with van der Waals surface area (Å²) in [4.78, 5) is 76.4. The maximum absolute atomic E-state index is 14.3. The first-order valence-electron chi connectivity index (χ1n) is 14.8. The van der Waals surface area contributed by atoms with Gasteiger partial charge in [0.1, 0.15) is 12.1 Å². The van der Waals surface area contributed by atoms with Crippen molar-refractivity contribution in [2.45, 2.75) is 57.2 Å². The van der Waals surface area contributed by atoms with Crippen LogP contribution in [0.2, 0.25) is 0 Å². The summed E-state index contributed by atoms with van der Waals surface area (Å²) in [6, 6.07) is 18.8. The molecule has 0 spiro atoms. The van der Waals surface area contributed by atoms with Crippen LogP contribution in [0.5, 0.6) is 0 Å². The molecule has 0 aliphatic carbocycles. The summed E-state index contributed by atoms with van der Waals surface area (Å²) < 4.78 is 0. The Hall–Kier alpha value is -5.52. The molecule has 2 unspecified atom stereocenters. The highest BCUT2D eigenvalue weighted by Gasteiger charge is 2.36. The molecule has 2 atom stereocenters. The Bertz CT molecular complexity index is 1610. The lowest BCUT2D eigenvalue weighted by molar-refractivity contribution is -0.150. The van der Waals surface area contributed by atoms with Crippen molar-refractivity contribution in [1.29, 1.82) is 0 Å². The Morgan fingerprint density at radius 2 is 1.50 bits per heavy atom. The largest absolute Gasteiger partial charge is 0.480 e. The van der Waals surface area contributed by atoms with Gasteiger partial charge in [0.05, 0.1) is 5.56 Å². The molecule has 0 radical (unpaired) electrons. The minimum absolute atomic E-state index is 0.0558. The molecule has 0 saturated carbocycles. The topological polar surface area (TPSA) is 190 Å². The van der Waals surface area contributed by atoms with Crippen LogP contribution in [0.25, 0.3) is 11.1 Å².